The number of carbonyl (C=O) groups is 2. The third kappa shape index (κ3) is 5.79. The predicted octanol–water partition coefficient (Wildman–Crippen LogP) is 2.69. The zero-order chi connectivity index (χ0) is 18.9. The molecule has 0 saturated carbocycles. The highest BCUT2D eigenvalue weighted by Gasteiger charge is 2.20. The zero-order valence-corrected chi connectivity index (χ0v) is 15.4. The van der Waals surface area contributed by atoms with E-state index in [1.165, 1.54) is 23.0 Å². The lowest BCUT2D eigenvalue weighted by Gasteiger charge is -2.13. The average molecular weight is 374 g/mol. The van der Waals surface area contributed by atoms with Crippen molar-refractivity contribution in [2.75, 3.05) is 13.2 Å². The molecule has 2 aromatic rings. The van der Waals surface area contributed by atoms with Crippen LogP contribution in [0.1, 0.15) is 18.2 Å². The lowest BCUT2D eigenvalue weighted by atomic mass is 10.1. The van der Waals surface area contributed by atoms with Gasteiger partial charge in [0.25, 0.3) is 0 Å². The Morgan fingerprint density at radius 1 is 1.38 bits per heavy atom. The van der Waals surface area contributed by atoms with Crippen molar-refractivity contribution in [2.45, 2.75) is 25.8 Å². The van der Waals surface area contributed by atoms with E-state index in [4.69, 9.17) is 9.84 Å². The Balaban J connectivity index is 1.95. The molecule has 0 aliphatic carbocycles. The summed E-state index contributed by atoms with van der Waals surface area (Å²) in [6.45, 7) is 5.70. The Morgan fingerprint density at radius 3 is 2.73 bits per heavy atom. The molecule has 1 amide bonds. The number of carbonyl (C=O) groups excluding carboxylic acids is 1. The van der Waals surface area contributed by atoms with Crippen LogP contribution in [0.5, 0.6) is 0 Å². The van der Waals surface area contributed by atoms with E-state index in [0.29, 0.717) is 5.69 Å². The summed E-state index contributed by atoms with van der Waals surface area (Å²) in [6, 6.07) is 7.05. The molecule has 1 unspecified atom stereocenters. The van der Waals surface area contributed by atoms with Crippen LogP contribution in [-0.2, 0) is 27.2 Å². The van der Waals surface area contributed by atoms with Crippen LogP contribution < -0.4 is 5.32 Å². The fourth-order valence-corrected chi connectivity index (χ4v) is 3.08. The molecule has 1 heterocycles. The number of carboxylic acid groups (broad SMARTS) is 1. The minimum atomic E-state index is -1.14. The first-order valence-electron chi connectivity index (χ1n) is 8.28. The van der Waals surface area contributed by atoms with E-state index in [1.54, 1.807) is 0 Å². The van der Waals surface area contributed by atoms with Gasteiger partial charge in [0, 0.05) is 10.9 Å². The van der Waals surface area contributed by atoms with Gasteiger partial charge in [-0.3, -0.25) is 4.79 Å². The number of benzene rings is 1. The summed E-state index contributed by atoms with van der Waals surface area (Å²) in [5.74, 6) is -1.55. The maximum absolute atomic E-state index is 12.1. The van der Waals surface area contributed by atoms with Gasteiger partial charge in [0.05, 0.1) is 25.3 Å². The number of aryl methyl sites for hydroxylation is 1. The summed E-state index contributed by atoms with van der Waals surface area (Å²) < 4.78 is 5.11. The van der Waals surface area contributed by atoms with Crippen LogP contribution in [-0.4, -0.2) is 41.2 Å². The molecule has 0 spiro atoms. The second-order valence-corrected chi connectivity index (χ2v) is 6.51. The van der Waals surface area contributed by atoms with Crippen LogP contribution in [0.15, 0.2) is 42.3 Å². The van der Waals surface area contributed by atoms with Crippen molar-refractivity contribution in [3.63, 3.8) is 0 Å². The van der Waals surface area contributed by atoms with E-state index in [9.17, 15) is 9.59 Å². The van der Waals surface area contributed by atoms with Crippen LogP contribution in [0.25, 0.3) is 10.6 Å². The Kier molecular flexibility index (Phi) is 7.50. The topological polar surface area (TPSA) is 88.5 Å². The second-order valence-electron chi connectivity index (χ2n) is 5.66. The molecule has 1 aromatic carbocycles. The second kappa shape index (κ2) is 9.84. The van der Waals surface area contributed by atoms with Crippen molar-refractivity contribution in [3.8, 4) is 10.6 Å². The molecular weight excluding hydrogens is 352 g/mol. The Bertz CT molecular complexity index is 755. The maximum atomic E-state index is 12.1. The van der Waals surface area contributed by atoms with Gasteiger partial charge in [-0.15, -0.1) is 17.9 Å². The molecule has 0 radical (unpaired) electrons. The molecule has 7 heteroatoms. The number of aliphatic carboxylic acids is 1. The molecular formula is C19H22N2O4S. The Hall–Kier alpha value is -2.51. The van der Waals surface area contributed by atoms with Crippen molar-refractivity contribution < 1.29 is 19.4 Å². The van der Waals surface area contributed by atoms with Gasteiger partial charge >= 0.3 is 5.97 Å². The normalized spacial score (nSPS) is 11.7. The Labute approximate surface area is 156 Å². The number of carboxylic acids is 1. The van der Waals surface area contributed by atoms with E-state index in [2.05, 4.69) is 35.9 Å². The molecule has 1 atom stereocenters. The van der Waals surface area contributed by atoms with Crippen molar-refractivity contribution in [1.82, 2.24) is 10.3 Å². The van der Waals surface area contributed by atoms with Crippen molar-refractivity contribution in [3.05, 3.63) is 53.6 Å². The standard InChI is InChI=1S/C19H22N2O4S/c1-3-9-25-11-16(19(23)24)21-17(22)10-15-12-26-18(20-15)14-7-5-13(4-2)6-8-14/h3,5-8,12,16H,1,4,9-11H2,2H3,(H,21,22)(H,23,24). The van der Waals surface area contributed by atoms with Crippen LogP contribution in [0.3, 0.4) is 0 Å². The first kappa shape index (κ1) is 19.8. The van der Waals surface area contributed by atoms with Gasteiger partial charge in [-0.1, -0.05) is 37.3 Å². The smallest absolute Gasteiger partial charge is 0.328 e. The van der Waals surface area contributed by atoms with Gasteiger partial charge in [-0.2, -0.15) is 0 Å². The lowest BCUT2D eigenvalue weighted by Crippen LogP contribution is -2.44. The van der Waals surface area contributed by atoms with E-state index >= 15 is 0 Å². The van der Waals surface area contributed by atoms with Crippen LogP contribution in [0.2, 0.25) is 0 Å². The first-order valence-corrected chi connectivity index (χ1v) is 9.16. The SMILES string of the molecule is C=CCOCC(NC(=O)Cc1csc(-c2ccc(CC)cc2)n1)C(=O)O. The molecule has 0 aliphatic heterocycles. The fraction of sp³-hybridized carbons (Fsp3) is 0.316. The summed E-state index contributed by atoms with van der Waals surface area (Å²) in [7, 11) is 0. The molecule has 0 bridgehead atoms. The zero-order valence-electron chi connectivity index (χ0n) is 14.6. The summed E-state index contributed by atoms with van der Waals surface area (Å²) in [5, 5.41) is 14.2. The predicted molar refractivity (Wildman–Crippen MR) is 101 cm³/mol. The molecule has 26 heavy (non-hydrogen) atoms. The van der Waals surface area contributed by atoms with E-state index < -0.39 is 17.9 Å². The summed E-state index contributed by atoms with van der Waals surface area (Å²) >= 11 is 1.46. The van der Waals surface area contributed by atoms with Crippen molar-refractivity contribution >= 4 is 23.2 Å². The fourth-order valence-electron chi connectivity index (χ4n) is 2.26. The molecule has 1 aromatic heterocycles. The minimum absolute atomic E-state index is 0.0226. The first-order chi connectivity index (χ1) is 12.5. The Morgan fingerprint density at radius 2 is 2.12 bits per heavy atom. The number of aromatic nitrogens is 1. The highest BCUT2D eigenvalue weighted by atomic mass is 32.1. The molecule has 0 saturated heterocycles. The number of hydrogen-bond acceptors (Lipinski definition) is 5. The van der Waals surface area contributed by atoms with Crippen LogP contribution in [0.4, 0.5) is 0 Å². The average Bonchev–Trinajstić information content (AvgIpc) is 3.09. The number of thiazole rings is 1. The number of rotatable bonds is 10. The number of nitrogens with zero attached hydrogens (tertiary/aromatic N) is 1. The van der Waals surface area contributed by atoms with Gasteiger partial charge in [0.15, 0.2) is 6.04 Å². The number of hydrogen-bond donors (Lipinski definition) is 2. The largest absolute Gasteiger partial charge is 0.480 e. The molecule has 138 valence electrons. The van der Waals surface area contributed by atoms with Crippen LogP contribution >= 0.6 is 11.3 Å². The maximum Gasteiger partial charge on any atom is 0.328 e. The third-order valence-corrected chi connectivity index (χ3v) is 4.60. The molecule has 0 aliphatic rings. The molecule has 2 N–H and O–H groups in total. The van der Waals surface area contributed by atoms with Crippen LogP contribution in [0, 0.1) is 0 Å². The molecule has 2 rings (SSSR count). The van der Waals surface area contributed by atoms with E-state index in [1.807, 2.05) is 17.5 Å². The lowest BCUT2D eigenvalue weighted by molar-refractivity contribution is -0.143. The van der Waals surface area contributed by atoms with E-state index in [0.717, 1.165) is 17.0 Å². The van der Waals surface area contributed by atoms with Gasteiger partial charge in [-0.05, 0) is 12.0 Å². The number of amides is 1. The highest BCUT2D eigenvalue weighted by molar-refractivity contribution is 7.13. The number of nitrogens with one attached hydrogen (secondary N) is 1. The number of ether oxygens (including phenoxy) is 1. The van der Waals surface area contributed by atoms with Crippen molar-refractivity contribution in [1.29, 1.82) is 0 Å². The van der Waals surface area contributed by atoms with Gasteiger partial charge < -0.3 is 15.2 Å². The summed E-state index contributed by atoms with van der Waals surface area (Å²) in [5.41, 5.74) is 2.86. The molecule has 6 nitrogen and oxygen atoms in total. The minimum Gasteiger partial charge on any atom is -0.480 e. The van der Waals surface area contributed by atoms with Gasteiger partial charge in [0.1, 0.15) is 5.01 Å². The molecule has 0 fully saturated rings. The van der Waals surface area contributed by atoms with Crippen molar-refractivity contribution in [2.24, 2.45) is 0 Å². The van der Waals surface area contributed by atoms with Gasteiger partial charge in [0.2, 0.25) is 5.91 Å². The van der Waals surface area contributed by atoms with E-state index in [-0.39, 0.29) is 19.6 Å². The summed E-state index contributed by atoms with van der Waals surface area (Å²) in [4.78, 5) is 27.8. The third-order valence-electron chi connectivity index (χ3n) is 3.66. The summed E-state index contributed by atoms with van der Waals surface area (Å²) in [6.07, 6.45) is 2.52. The highest BCUT2D eigenvalue weighted by Crippen LogP contribution is 2.24. The monoisotopic (exact) mass is 374 g/mol. The quantitative estimate of drug-likeness (QED) is 0.493. The van der Waals surface area contributed by atoms with Gasteiger partial charge in [-0.25, -0.2) is 9.78 Å².